The van der Waals surface area contributed by atoms with Crippen molar-refractivity contribution >= 4 is 11.5 Å². The Labute approximate surface area is 109 Å². The fraction of sp³-hybridized carbons (Fsp3) is 0.769. The van der Waals surface area contributed by atoms with E-state index in [1.165, 1.54) is 0 Å². The topological polar surface area (TPSA) is 76.1 Å². The Bertz CT molecular complexity index is 385. The molecule has 0 amide bonds. The number of aryl methyl sites for hydroxylation is 1. The summed E-state index contributed by atoms with van der Waals surface area (Å²) in [6.45, 7) is 8.51. The summed E-state index contributed by atoms with van der Waals surface area (Å²) in [5.74, 6) is 1.62. The van der Waals surface area contributed by atoms with Crippen LogP contribution in [0.2, 0.25) is 0 Å². The van der Waals surface area contributed by atoms with Gasteiger partial charge in [0, 0.05) is 7.05 Å². The molecule has 0 saturated carbocycles. The lowest BCUT2D eigenvalue weighted by molar-refractivity contribution is 0.259. The zero-order valence-corrected chi connectivity index (χ0v) is 12.1. The van der Waals surface area contributed by atoms with Crippen LogP contribution in [0.5, 0.6) is 0 Å². The van der Waals surface area contributed by atoms with E-state index in [2.05, 4.69) is 38.1 Å². The molecule has 0 fully saturated rings. The average molecular weight is 254 g/mol. The Morgan fingerprint density at radius 1 is 1.33 bits per heavy atom. The van der Waals surface area contributed by atoms with Crippen LogP contribution in [0.25, 0.3) is 0 Å². The number of nitrogens with zero attached hydrogens (tertiary/aromatic N) is 2. The van der Waals surface area contributed by atoms with Crippen LogP contribution in [0.15, 0.2) is 0 Å². The van der Waals surface area contributed by atoms with Crippen LogP contribution in [-0.2, 0) is 7.05 Å². The zero-order chi connectivity index (χ0) is 13.9. The molecule has 104 valence electrons. The molecular weight excluding hydrogens is 228 g/mol. The second-order valence-electron chi connectivity index (χ2n) is 5.58. The van der Waals surface area contributed by atoms with E-state index in [0.717, 1.165) is 17.9 Å². The van der Waals surface area contributed by atoms with Crippen LogP contribution in [-0.4, -0.2) is 27.5 Å². The Morgan fingerprint density at radius 3 is 2.33 bits per heavy atom. The molecule has 1 aromatic heterocycles. The van der Waals surface area contributed by atoms with E-state index < -0.39 is 0 Å². The first-order chi connectivity index (χ1) is 8.36. The second kappa shape index (κ2) is 6.09. The molecule has 0 aliphatic heterocycles. The molecule has 4 N–H and O–H groups in total. The number of nitrogen functional groups attached to an aromatic ring is 1. The Morgan fingerprint density at radius 2 is 1.94 bits per heavy atom. The zero-order valence-electron chi connectivity index (χ0n) is 12.1. The van der Waals surface area contributed by atoms with Gasteiger partial charge in [-0.3, -0.25) is 4.68 Å². The summed E-state index contributed by atoms with van der Waals surface area (Å²) in [6, 6.07) is 0.0164. The number of rotatable bonds is 6. The quantitative estimate of drug-likeness (QED) is 0.725. The summed E-state index contributed by atoms with van der Waals surface area (Å²) in [5, 5.41) is 17.1. The molecule has 1 aromatic rings. The van der Waals surface area contributed by atoms with Crippen LogP contribution < -0.4 is 11.1 Å². The first kappa shape index (κ1) is 14.8. The number of hydrogen-bond acceptors (Lipinski definition) is 4. The number of hydrogen-bond donors (Lipinski definition) is 3. The minimum atomic E-state index is 0.0164. The number of aliphatic hydroxyl groups is 1. The molecule has 1 atom stereocenters. The molecule has 0 spiro atoms. The molecule has 5 nitrogen and oxygen atoms in total. The summed E-state index contributed by atoms with van der Waals surface area (Å²) >= 11 is 0. The molecule has 0 saturated heterocycles. The normalized spacial score (nSPS) is 13.3. The van der Waals surface area contributed by atoms with Gasteiger partial charge in [-0.1, -0.05) is 27.7 Å². The van der Waals surface area contributed by atoms with Gasteiger partial charge in [-0.2, -0.15) is 5.10 Å². The Kier molecular flexibility index (Phi) is 5.02. The fourth-order valence-corrected chi connectivity index (χ4v) is 2.10. The maximum Gasteiger partial charge on any atom is 0.148 e. The van der Waals surface area contributed by atoms with Crippen molar-refractivity contribution in [2.45, 2.75) is 46.1 Å². The van der Waals surface area contributed by atoms with Crippen LogP contribution >= 0.6 is 0 Å². The van der Waals surface area contributed by atoms with Crippen LogP contribution in [0.4, 0.5) is 11.5 Å². The molecule has 0 aliphatic rings. The SMILES string of the molecule is CC(C)CC(CO)Nc1c(N)c(C(C)C)nn1C. The van der Waals surface area contributed by atoms with E-state index >= 15 is 0 Å². The summed E-state index contributed by atoms with van der Waals surface area (Å²) in [5.41, 5.74) is 7.70. The highest BCUT2D eigenvalue weighted by atomic mass is 16.3. The van der Waals surface area contributed by atoms with Crippen molar-refractivity contribution in [3.05, 3.63) is 5.69 Å². The van der Waals surface area contributed by atoms with E-state index in [1.807, 2.05) is 7.05 Å². The predicted molar refractivity (Wildman–Crippen MR) is 75.7 cm³/mol. The molecule has 5 heteroatoms. The summed E-state index contributed by atoms with van der Waals surface area (Å²) in [4.78, 5) is 0. The van der Waals surface area contributed by atoms with Gasteiger partial charge in [-0.15, -0.1) is 0 Å². The first-order valence-electron chi connectivity index (χ1n) is 6.56. The van der Waals surface area contributed by atoms with Gasteiger partial charge in [0.1, 0.15) is 5.82 Å². The lowest BCUT2D eigenvalue weighted by atomic mass is 10.0. The van der Waals surface area contributed by atoms with Crippen molar-refractivity contribution in [1.82, 2.24) is 9.78 Å². The molecule has 0 bridgehead atoms. The molecule has 18 heavy (non-hydrogen) atoms. The third kappa shape index (κ3) is 3.38. The van der Waals surface area contributed by atoms with Gasteiger partial charge in [0.2, 0.25) is 0 Å². The monoisotopic (exact) mass is 254 g/mol. The number of nitrogens with one attached hydrogen (secondary N) is 1. The van der Waals surface area contributed by atoms with Crippen molar-refractivity contribution in [3.63, 3.8) is 0 Å². The molecule has 1 unspecified atom stereocenters. The van der Waals surface area contributed by atoms with Gasteiger partial charge in [0.05, 0.1) is 24.0 Å². The molecule has 0 aliphatic carbocycles. The highest BCUT2D eigenvalue weighted by Gasteiger charge is 2.18. The molecule has 0 radical (unpaired) electrons. The van der Waals surface area contributed by atoms with Gasteiger partial charge >= 0.3 is 0 Å². The van der Waals surface area contributed by atoms with Crippen LogP contribution in [0.1, 0.15) is 45.7 Å². The number of anilines is 2. The van der Waals surface area contributed by atoms with E-state index in [-0.39, 0.29) is 12.6 Å². The van der Waals surface area contributed by atoms with Crippen LogP contribution in [0, 0.1) is 5.92 Å². The van der Waals surface area contributed by atoms with Gasteiger partial charge in [0.25, 0.3) is 0 Å². The number of aromatic nitrogens is 2. The van der Waals surface area contributed by atoms with Gasteiger partial charge < -0.3 is 16.2 Å². The summed E-state index contributed by atoms with van der Waals surface area (Å²) in [6.07, 6.45) is 0.901. The van der Waals surface area contributed by atoms with Gasteiger partial charge in [-0.05, 0) is 18.3 Å². The van der Waals surface area contributed by atoms with E-state index in [0.29, 0.717) is 17.5 Å². The molecule has 0 aromatic carbocycles. The Balaban J connectivity index is 2.89. The lowest BCUT2D eigenvalue weighted by Crippen LogP contribution is -2.27. The fourth-order valence-electron chi connectivity index (χ4n) is 2.10. The minimum absolute atomic E-state index is 0.0164. The second-order valence-corrected chi connectivity index (χ2v) is 5.58. The molecular formula is C13H26N4O. The first-order valence-corrected chi connectivity index (χ1v) is 6.56. The average Bonchev–Trinajstić information content (AvgIpc) is 2.55. The van der Waals surface area contributed by atoms with Crippen LogP contribution in [0.3, 0.4) is 0 Å². The predicted octanol–water partition coefficient (Wildman–Crippen LogP) is 1.94. The smallest absolute Gasteiger partial charge is 0.148 e. The number of aliphatic hydroxyl groups excluding tert-OH is 1. The van der Waals surface area contributed by atoms with Crippen molar-refractivity contribution in [2.75, 3.05) is 17.7 Å². The van der Waals surface area contributed by atoms with E-state index in [4.69, 9.17) is 5.73 Å². The van der Waals surface area contributed by atoms with Crippen molar-refractivity contribution < 1.29 is 5.11 Å². The maximum absolute atomic E-state index is 9.40. The highest BCUT2D eigenvalue weighted by Crippen LogP contribution is 2.28. The minimum Gasteiger partial charge on any atom is -0.394 e. The van der Waals surface area contributed by atoms with Gasteiger partial charge in [0.15, 0.2) is 0 Å². The van der Waals surface area contributed by atoms with Crippen molar-refractivity contribution in [3.8, 4) is 0 Å². The van der Waals surface area contributed by atoms with Crippen molar-refractivity contribution in [2.24, 2.45) is 13.0 Å². The molecule has 1 heterocycles. The standard InChI is InChI=1S/C13H26N4O/c1-8(2)6-10(7-18)15-13-11(14)12(9(3)4)16-17(13)5/h8-10,15,18H,6-7,14H2,1-5H3. The third-order valence-electron chi connectivity index (χ3n) is 2.98. The number of nitrogens with two attached hydrogens (primary N) is 1. The third-order valence-corrected chi connectivity index (χ3v) is 2.98. The Hall–Kier alpha value is -1.23. The van der Waals surface area contributed by atoms with E-state index in [1.54, 1.807) is 4.68 Å². The lowest BCUT2D eigenvalue weighted by Gasteiger charge is -2.19. The van der Waals surface area contributed by atoms with E-state index in [9.17, 15) is 5.11 Å². The van der Waals surface area contributed by atoms with Gasteiger partial charge in [-0.25, -0.2) is 0 Å². The highest BCUT2D eigenvalue weighted by molar-refractivity contribution is 5.66. The summed E-state index contributed by atoms with van der Waals surface area (Å²) in [7, 11) is 1.87. The molecule has 1 rings (SSSR count). The van der Waals surface area contributed by atoms with Crippen molar-refractivity contribution in [1.29, 1.82) is 0 Å². The maximum atomic E-state index is 9.40. The summed E-state index contributed by atoms with van der Waals surface area (Å²) < 4.78 is 1.76. The largest absolute Gasteiger partial charge is 0.394 e.